The van der Waals surface area contributed by atoms with E-state index in [-0.39, 0.29) is 16.4 Å². The molecule has 0 saturated heterocycles. The zero-order valence-corrected chi connectivity index (χ0v) is 12.2. The highest BCUT2D eigenvalue weighted by Gasteiger charge is 2.15. The van der Waals surface area contributed by atoms with Crippen LogP contribution < -0.4 is 5.73 Å². The smallest absolute Gasteiger partial charge is 0.166 e. The van der Waals surface area contributed by atoms with E-state index in [1.807, 2.05) is 6.07 Å². The third kappa shape index (κ3) is 2.13. The van der Waals surface area contributed by atoms with Crippen LogP contribution in [0, 0.1) is 5.82 Å². The Hall–Kier alpha value is -1.72. The second kappa shape index (κ2) is 5.00. The Bertz CT molecular complexity index is 800. The highest BCUT2D eigenvalue weighted by Crippen LogP contribution is 2.32. The lowest BCUT2D eigenvalue weighted by molar-refractivity contribution is 0.630. The number of fused-ring (bicyclic) bond motifs is 1. The zero-order chi connectivity index (χ0) is 14.3. The maximum absolute atomic E-state index is 14.0. The van der Waals surface area contributed by atoms with Crippen molar-refractivity contribution < 1.29 is 4.39 Å². The number of benzene rings is 1. The molecular weight excluding hydrogens is 297 g/mol. The minimum Gasteiger partial charge on any atom is -0.383 e. The van der Waals surface area contributed by atoms with Crippen molar-refractivity contribution >= 4 is 39.0 Å². The van der Waals surface area contributed by atoms with Gasteiger partial charge in [-0.1, -0.05) is 24.6 Å². The van der Waals surface area contributed by atoms with Crippen LogP contribution in [0.1, 0.15) is 11.8 Å². The summed E-state index contributed by atoms with van der Waals surface area (Å²) < 4.78 is 14.0. The molecule has 3 aromatic rings. The Labute approximate surface area is 124 Å². The predicted molar refractivity (Wildman–Crippen MR) is 81.6 cm³/mol. The Morgan fingerprint density at radius 3 is 2.90 bits per heavy atom. The van der Waals surface area contributed by atoms with Gasteiger partial charge >= 0.3 is 0 Å². The van der Waals surface area contributed by atoms with E-state index in [0.717, 1.165) is 16.6 Å². The van der Waals surface area contributed by atoms with Crippen LogP contribution in [0.4, 0.5) is 10.2 Å². The topological polar surface area (TPSA) is 51.8 Å². The summed E-state index contributed by atoms with van der Waals surface area (Å²) in [5.41, 5.74) is 6.21. The minimum absolute atomic E-state index is 0.0465. The molecule has 0 unspecified atom stereocenters. The minimum atomic E-state index is -0.528. The zero-order valence-electron chi connectivity index (χ0n) is 10.7. The van der Waals surface area contributed by atoms with Crippen LogP contribution in [-0.4, -0.2) is 9.97 Å². The number of hydrogen-bond acceptors (Lipinski definition) is 4. The van der Waals surface area contributed by atoms with Crippen LogP contribution in [-0.2, 0) is 6.42 Å². The molecule has 2 N–H and O–H groups in total. The Balaban J connectivity index is 2.24. The summed E-state index contributed by atoms with van der Waals surface area (Å²) in [5.74, 6) is 0.0972. The van der Waals surface area contributed by atoms with Crippen molar-refractivity contribution in [2.24, 2.45) is 0 Å². The second-order valence-corrected chi connectivity index (χ2v) is 5.84. The largest absolute Gasteiger partial charge is 0.383 e. The van der Waals surface area contributed by atoms with Crippen molar-refractivity contribution in [1.29, 1.82) is 0 Å². The Morgan fingerprint density at radius 1 is 1.35 bits per heavy atom. The van der Waals surface area contributed by atoms with Crippen molar-refractivity contribution in [1.82, 2.24) is 9.97 Å². The maximum atomic E-state index is 14.0. The third-order valence-electron chi connectivity index (χ3n) is 3.01. The standard InChI is InChI=1S/C14H11ClFN3S/c1-2-7-6-9-12(17)18-13(19-14(9)20-7)8-4-3-5-10(15)11(8)16/h3-6H,2H2,1H3,(H2,17,18,19). The molecule has 0 radical (unpaired) electrons. The summed E-state index contributed by atoms with van der Waals surface area (Å²) in [6.45, 7) is 2.06. The fourth-order valence-corrected chi connectivity index (χ4v) is 3.11. The number of anilines is 1. The van der Waals surface area contributed by atoms with Gasteiger partial charge in [0.2, 0.25) is 0 Å². The van der Waals surface area contributed by atoms with Crippen molar-refractivity contribution in [3.8, 4) is 11.4 Å². The number of nitrogen functional groups attached to an aromatic ring is 1. The van der Waals surface area contributed by atoms with E-state index < -0.39 is 5.82 Å². The molecule has 2 heterocycles. The van der Waals surface area contributed by atoms with Crippen LogP contribution in [0.25, 0.3) is 21.6 Å². The Morgan fingerprint density at radius 2 is 2.15 bits per heavy atom. The fourth-order valence-electron chi connectivity index (χ4n) is 1.96. The molecule has 0 aliphatic carbocycles. The summed E-state index contributed by atoms with van der Waals surface area (Å²) in [6.07, 6.45) is 0.904. The molecule has 0 aliphatic rings. The van der Waals surface area contributed by atoms with Crippen LogP contribution in [0.15, 0.2) is 24.3 Å². The van der Waals surface area contributed by atoms with Gasteiger partial charge in [0.1, 0.15) is 10.6 Å². The number of rotatable bonds is 2. The monoisotopic (exact) mass is 307 g/mol. The molecule has 0 atom stereocenters. The lowest BCUT2D eigenvalue weighted by Crippen LogP contribution is -1.97. The van der Waals surface area contributed by atoms with Gasteiger partial charge < -0.3 is 5.73 Å². The predicted octanol–water partition coefficient (Wildman–Crippen LogP) is 4.30. The summed E-state index contributed by atoms with van der Waals surface area (Å²) in [5, 5.41) is 0.864. The van der Waals surface area contributed by atoms with Gasteiger partial charge in [0.05, 0.1) is 16.0 Å². The molecule has 102 valence electrons. The first-order chi connectivity index (χ1) is 9.60. The lowest BCUT2D eigenvalue weighted by Gasteiger charge is -2.04. The van der Waals surface area contributed by atoms with Crippen molar-refractivity contribution in [3.05, 3.63) is 40.0 Å². The van der Waals surface area contributed by atoms with Gasteiger partial charge in [-0.25, -0.2) is 14.4 Å². The van der Waals surface area contributed by atoms with E-state index in [0.29, 0.717) is 5.82 Å². The van der Waals surface area contributed by atoms with Gasteiger partial charge in [0, 0.05) is 4.88 Å². The third-order valence-corrected chi connectivity index (χ3v) is 4.48. The van der Waals surface area contributed by atoms with E-state index in [9.17, 15) is 4.39 Å². The summed E-state index contributed by atoms with van der Waals surface area (Å²) in [4.78, 5) is 10.5. The Kier molecular flexibility index (Phi) is 3.31. The van der Waals surface area contributed by atoms with E-state index in [1.165, 1.54) is 10.9 Å². The highest BCUT2D eigenvalue weighted by atomic mass is 35.5. The van der Waals surface area contributed by atoms with Gasteiger partial charge in [-0.15, -0.1) is 11.3 Å². The fraction of sp³-hybridized carbons (Fsp3) is 0.143. The molecule has 0 amide bonds. The number of nitrogens with two attached hydrogens (primary N) is 1. The SMILES string of the molecule is CCc1cc2c(N)nc(-c3cccc(Cl)c3F)nc2s1. The average molecular weight is 308 g/mol. The van der Waals surface area contributed by atoms with Crippen molar-refractivity contribution in [2.75, 3.05) is 5.73 Å². The average Bonchev–Trinajstić information content (AvgIpc) is 2.85. The van der Waals surface area contributed by atoms with Gasteiger partial charge in [0.25, 0.3) is 0 Å². The van der Waals surface area contributed by atoms with Gasteiger partial charge in [-0.2, -0.15) is 0 Å². The number of hydrogen-bond donors (Lipinski definition) is 1. The van der Waals surface area contributed by atoms with E-state index >= 15 is 0 Å². The molecule has 20 heavy (non-hydrogen) atoms. The van der Waals surface area contributed by atoms with Gasteiger partial charge in [-0.05, 0) is 24.6 Å². The molecular formula is C14H11ClFN3S. The van der Waals surface area contributed by atoms with Crippen LogP contribution in [0.5, 0.6) is 0 Å². The molecule has 0 fully saturated rings. The molecule has 2 aromatic heterocycles. The molecule has 0 bridgehead atoms. The lowest BCUT2D eigenvalue weighted by atomic mass is 10.2. The molecule has 0 aliphatic heterocycles. The van der Waals surface area contributed by atoms with Crippen LogP contribution >= 0.6 is 22.9 Å². The van der Waals surface area contributed by atoms with Gasteiger partial charge in [0.15, 0.2) is 11.6 Å². The molecule has 6 heteroatoms. The van der Waals surface area contributed by atoms with Crippen molar-refractivity contribution in [3.63, 3.8) is 0 Å². The molecule has 3 rings (SSSR count). The number of halogens is 2. The molecule has 0 spiro atoms. The maximum Gasteiger partial charge on any atom is 0.166 e. The summed E-state index contributed by atoms with van der Waals surface area (Å²) >= 11 is 7.33. The molecule has 1 aromatic carbocycles. The first kappa shape index (κ1) is 13.3. The second-order valence-electron chi connectivity index (χ2n) is 4.32. The van der Waals surface area contributed by atoms with E-state index in [2.05, 4.69) is 16.9 Å². The molecule has 0 saturated carbocycles. The normalized spacial score (nSPS) is 11.2. The van der Waals surface area contributed by atoms with E-state index in [1.54, 1.807) is 23.5 Å². The highest BCUT2D eigenvalue weighted by molar-refractivity contribution is 7.18. The number of aromatic nitrogens is 2. The quantitative estimate of drug-likeness (QED) is 0.768. The van der Waals surface area contributed by atoms with Gasteiger partial charge in [-0.3, -0.25) is 0 Å². The molecule has 3 nitrogen and oxygen atoms in total. The van der Waals surface area contributed by atoms with Crippen molar-refractivity contribution in [2.45, 2.75) is 13.3 Å². The van der Waals surface area contributed by atoms with Crippen LogP contribution in [0.2, 0.25) is 5.02 Å². The summed E-state index contributed by atoms with van der Waals surface area (Å²) in [6, 6.07) is 6.72. The number of aryl methyl sites for hydroxylation is 1. The van der Waals surface area contributed by atoms with Crippen LogP contribution in [0.3, 0.4) is 0 Å². The number of thiophene rings is 1. The van der Waals surface area contributed by atoms with E-state index in [4.69, 9.17) is 17.3 Å². The number of nitrogens with zero attached hydrogens (tertiary/aromatic N) is 2. The first-order valence-electron chi connectivity index (χ1n) is 6.10. The summed E-state index contributed by atoms with van der Waals surface area (Å²) in [7, 11) is 0. The first-order valence-corrected chi connectivity index (χ1v) is 7.30.